The molecule has 0 bridgehead atoms. The molecule has 104 valence electrons. The molecule has 2 aromatic rings. The Morgan fingerprint density at radius 1 is 1.35 bits per heavy atom. The number of nitrogens with two attached hydrogens (primary N) is 1. The van der Waals surface area contributed by atoms with E-state index in [1.807, 2.05) is 0 Å². The number of hydrogen-bond donors (Lipinski definition) is 3. The summed E-state index contributed by atoms with van der Waals surface area (Å²) in [5.74, 6) is -1.67. The maximum Gasteiger partial charge on any atom is 0.262 e. The van der Waals surface area contributed by atoms with Gasteiger partial charge in [0, 0.05) is 11.8 Å². The fraction of sp³-hybridized carbons (Fsp3) is 0.0714. The molecule has 0 saturated heterocycles. The molecule has 0 heterocycles. The Bertz CT molecular complexity index is 639. The van der Waals surface area contributed by atoms with Crippen LogP contribution in [0.1, 0.15) is 10.4 Å². The number of anilines is 2. The number of benzene rings is 2. The van der Waals surface area contributed by atoms with Crippen molar-refractivity contribution in [3.05, 3.63) is 47.8 Å². The highest BCUT2D eigenvalue weighted by atomic mass is 19.1. The second-order valence-electron chi connectivity index (χ2n) is 4.05. The third-order valence-corrected chi connectivity index (χ3v) is 2.69. The fourth-order valence-corrected chi connectivity index (χ4v) is 1.73. The van der Waals surface area contributed by atoms with Gasteiger partial charge in [0.15, 0.2) is 0 Å². The van der Waals surface area contributed by atoms with E-state index in [0.717, 1.165) is 6.07 Å². The lowest BCUT2D eigenvalue weighted by Gasteiger charge is -2.11. The van der Waals surface area contributed by atoms with Crippen molar-refractivity contribution in [3.63, 3.8) is 0 Å². The Morgan fingerprint density at radius 3 is 2.75 bits per heavy atom. The van der Waals surface area contributed by atoms with Crippen molar-refractivity contribution < 1.29 is 19.0 Å². The molecule has 0 atom stereocenters. The number of amides is 1. The van der Waals surface area contributed by atoms with Crippen molar-refractivity contribution in [1.82, 2.24) is 0 Å². The zero-order valence-corrected chi connectivity index (χ0v) is 10.7. The van der Waals surface area contributed by atoms with Crippen LogP contribution in [0.4, 0.5) is 15.8 Å². The van der Waals surface area contributed by atoms with Gasteiger partial charge in [-0.25, -0.2) is 4.39 Å². The quantitative estimate of drug-likeness (QED) is 0.751. The largest absolute Gasteiger partial charge is 0.507 e. The van der Waals surface area contributed by atoms with E-state index in [9.17, 15) is 14.3 Å². The van der Waals surface area contributed by atoms with E-state index in [1.165, 1.54) is 31.4 Å². The average Bonchev–Trinajstić information content (AvgIpc) is 2.40. The number of phenolic OH excluding ortho intramolecular Hbond substituents is 1. The van der Waals surface area contributed by atoms with E-state index in [0.29, 0.717) is 17.1 Å². The van der Waals surface area contributed by atoms with Crippen LogP contribution in [-0.4, -0.2) is 18.1 Å². The first-order valence-electron chi connectivity index (χ1n) is 5.75. The SMILES string of the molecule is COc1cc(N)ccc1NC(=O)c1c(O)cccc1F. The average molecular weight is 276 g/mol. The summed E-state index contributed by atoms with van der Waals surface area (Å²) in [6.07, 6.45) is 0. The number of nitrogens with one attached hydrogen (secondary N) is 1. The van der Waals surface area contributed by atoms with Gasteiger partial charge in [0.2, 0.25) is 0 Å². The lowest BCUT2D eigenvalue weighted by atomic mass is 10.1. The van der Waals surface area contributed by atoms with Crippen LogP contribution in [0.25, 0.3) is 0 Å². The molecular weight excluding hydrogens is 263 g/mol. The molecule has 2 aromatic carbocycles. The highest BCUT2D eigenvalue weighted by Crippen LogP contribution is 2.28. The van der Waals surface area contributed by atoms with Gasteiger partial charge in [-0.2, -0.15) is 0 Å². The summed E-state index contributed by atoms with van der Waals surface area (Å²) < 4.78 is 18.7. The van der Waals surface area contributed by atoms with E-state index in [2.05, 4.69) is 5.32 Å². The van der Waals surface area contributed by atoms with Gasteiger partial charge < -0.3 is 20.9 Å². The predicted octanol–water partition coefficient (Wildman–Crippen LogP) is 2.37. The van der Waals surface area contributed by atoms with Gasteiger partial charge in [0.1, 0.15) is 22.9 Å². The fourth-order valence-electron chi connectivity index (χ4n) is 1.73. The van der Waals surface area contributed by atoms with Gasteiger partial charge in [-0.05, 0) is 24.3 Å². The number of carbonyl (C=O) groups is 1. The molecule has 0 fully saturated rings. The van der Waals surface area contributed by atoms with Crippen molar-refractivity contribution in [1.29, 1.82) is 0 Å². The van der Waals surface area contributed by atoms with Crippen LogP contribution in [0.5, 0.6) is 11.5 Å². The van der Waals surface area contributed by atoms with Gasteiger partial charge >= 0.3 is 0 Å². The summed E-state index contributed by atoms with van der Waals surface area (Å²) in [5, 5.41) is 12.0. The van der Waals surface area contributed by atoms with Crippen molar-refractivity contribution in [2.75, 3.05) is 18.2 Å². The third kappa shape index (κ3) is 2.64. The first-order valence-corrected chi connectivity index (χ1v) is 5.75. The smallest absolute Gasteiger partial charge is 0.262 e. The second kappa shape index (κ2) is 5.48. The normalized spacial score (nSPS) is 10.1. The Morgan fingerprint density at radius 2 is 2.10 bits per heavy atom. The van der Waals surface area contributed by atoms with Gasteiger partial charge in [-0.15, -0.1) is 0 Å². The number of halogens is 1. The molecule has 0 spiro atoms. The number of nitrogen functional groups attached to an aromatic ring is 1. The number of aromatic hydroxyl groups is 1. The van der Waals surface area contributed by atoms with Crippen LogP contribution in [0, 0.1) is 5.82 Å². The zero-order chi connectivity index (χ0) is 14.7. The number of phenols is 1. The summed E-state index contributed by atoms with van der Waals surface area (Å²) >= 11 is 0. The topological polar surface area (TPSA) is 84.6 Å². The van der Waals surface area contributed by atoms with E-state index < -0.39 is 23.0 Å². The highest BCUT2D eigenvalue weighted by Gasteiger charge is 2.18. The molecule has 5 nitrogen and oxygen atoms in total. The van der Waals surface area contributed by atoms with E-state index >= 15 is 0 Å². The van der Waals surface area contributed by atoms with Crippen LogP contribution in [0.2, 0.25) is 0 Å². The minimum Gasteiger partial charge on any atom is -0.507 e. The summed E-state index contributed by atoms with van der Waals surface area (Å²) in [5.41, 5.74) is 5.97. The lowest BCUT2D eigenvalue weighted by Crippen LogP contribution is -2.14. The zero-order valence-electron chi connectivity index (χ0n) is 10.7. The van der Waals surface area contributed by atoms with Gasteiger partial charge in [-0.1, -0.05) is 6.07 Å². The van der Waals surface area contributed by atoms with Crippen LogP contribution >= 0.6 is 0 Å². The molecule has 20 heavy (non-hydrogen) atoms. The van der Waals surface area contributed by atoms with Crippen LogP contribution in [-0.2, 0) is 0 Å². The van der Waals surface area contributed by atoms with Gasteiger partial charge in [0.25, 0.3) is 5.91 Å². The lowest BCUT2D eigenvalue weighted by molar-refractivity contribution is 0.102. The van der Waals surface area contributed by atoms with Crippen molar-refractivity contribution in [2.45, 2.75) is 0 Å². The molecule has 0 aliphatic carbocycles. The maximum atomic E-state index is 13.6. The van der Waals surface area contributed by atoms with Crippen molar-refractivity contribution >= 4 is 17.3 Å². The van der Waals surface area contributed by atoms with E-state index in [1.54, 1.807) is 6.07 Å². The molecule has 2 rings (SSSR count). The minimum absolute atomic E-state index is 0.328. The Kier molecular flexibility index (Phi) is 3.74. The van der Waals surface area contributed by atoms with E-state index in [4.69, 9.17) is 10.5 Å². The first kappa shape index (κ1) is 13.7. The predicted molar refractivity (Wildman–Crippen MR) is 73.4 cm³/mol. The highest BCUT2D eigenvalue weighted by molar-refractivity contribution is 6.07. The molecule has 0 aliphatic heterocycles. The Hall–Kier alpha value is -2.76. The standard InChI is InChI=1S/C14H13FN2O3/c1-20-12-7-8(16)5-6-10(12)17-14(19)13-9(15)3-2-4-11(13)18/h2-7,18H,16H2,1H3,(H,17,19). The number of carbonyl (C=O) groups excluding carboxylic acids is 1. The Balaban J connectivity index is 2.33. The number of methoxy groups -OCH3 is 1. The maximum absolute atomic E-state index is 13.6. The molecule has 0 unspecified atom stereocenters. The molecule has 6 heteroatoms. The number of ether oxygens (including phenoxy) is 1. The summed E-state index contributed by atoms with van der Waals surface area (Å²) in [7, 11) is 1.42. The van der Waals surface area contributed by atoms with Crippen LogP contribution < -0.4 is 15.8 Å². The Labute approximate surface area is 114 Å². The molecule has 1 amide bonds. The van der Waals surface area contributed by atoms with Gasteiger partial charge in [0.05, 0.1) is 12.8 Å². The van der Waals surface area contributed by atoms with Crippen molar-refractivity contribution in [2.24, 2.45) is 0 Å². The first-order chi connectivity index (χ1) is 9.52. The second-order valence-corrected chi connectivity index (χ2v) is 4.05. The number of hydrogen-bond acceptors (Lipinski definition) is 4. The van der Waals surface area contributed by atoms with Crippen LogP contribution in [0.15, 0.2) is 36.4 Å². The third-order valence-electron chi connectivity index (χ3n) is 2.69. The molecule has 0 aromatic heterocycles. The molecule has 4 N–H and O–H groups in total. The summed E-state index contributed by atoms with van der Waals surface area (Å²) in [4.78, 5) is 12.0. The molecule has 0 aliphatic rings. The van der Waals surface area contributed by atoms with Gasteiger partial charge in [-0.3, -0.25) is 4.79 Å². The molecular formula is C14H13FN2O3. The van der Waals surface area contributed by atoms with E-state index in [-0.39, 0.29) is 0 Å². The monoisotopic (exact) mass is 276 g/mol. The van der Waals surface area contributed by atoms with Crippen LogP contribution in [0.3, 0.4) is 0 Å². The number of rotatable bonds is 3. The molecule has 0 radical (unpaired) electrons. The minimum atomic E-state index is -0.808. The molecule has 0 saturated carbocycles. The summed E-state index contributed by atoms with van der Waals surface area (Å²) in [6.45, 7) is 0. The summed E-state index contributed by atoms with van der Waals surface area (Å²) in [6, 6.07) is 8.26. The van der Waals surface area contributed by atoms with Crippen molar-refractivity contribution in [3.8, 4) is 11.5 Å².